The summed E-state index contributed by atoms with van der Waals surface area (Å²) < 4.78 is 0. The van der Waals surface area contributed by atoms with Gasteiger partial charge in [0.05, 0.1) is 11.4 Å². The summed E-state index contributed by atoms with van der Waals surface area (Å²) in [5, 5.41) is 0. The highest BCUT2D eigenvalue weighted by atomic mass is 15.3. The van der Waals surface area contributed by atoms with E-state index in [4.69, 9.17) is 4.98 Å². The fraction of sp³-hybridized carbons (Fsp3) is 0.323. The number of nitrogens with zero attached hydrogens (tertiary/aromatic N) is 5. The lowest BCUT2D eigenvalue weighted by atomic mass is 10.1. The number of hydrogen-bond acceptors (Lipinski definition) is 5. The van der Waals surface area contributed by atoms with E-state index in [1.54, 1.807) is 0 Å². The van der Waals surface area contributed by atoms with Crippen LogP contribution in [0.1, 0.15) is 22.5 Å². The normalized spacial score (nSPS) is 17.9. The van der Waals surface area contributed by atoms with E-state index in [0.717, 1.165) is 63.7 Å². The zero-order valence-electron chi connectivity index (χ0n) is 21.6. The Morgan fingerprint density at radius 2 is 0.889 bits per heavy atom. The molecule has 2 saturated heterocycles. The summed E-state index contributed by atoms with van der Waals surface area (Å²) >= 11 is 0. The van der Waals surface area contributed by atoms with Crippen LogP contribution < -0.4 is 9.80 Å². The van der Waals surface area contributed by atoms with Crippen molar-refractivity contribution in [1.82, 2.24) is 14.8 Å². The number of piperazine rings is 2. The Morgan fingerprint density at radius 1 is 0.500 bits per heavy atom. The third-order valence-electron chi connectivity index (χ3n) is 7.21. The molecule has 0 atom stereocenters. The largest absolute Gasteiger partial charge is 0.369 e. The number of anilines is 2. The standard InChI is InChI=1S/C31H37N5/c1-33-18-22-35(23-19-33)30-14-8-26(9-15-30)6-12-28-4-3-5-29(32-28)13-7-27-10-16-31(17-11-27)36-24-20-34(2)21-25-36/h3-17H,18-25H2,1-2H3/b12-6+,13-7+. The van der Waals surface area contributed by atoms with Crippen LogP contribution in [0.4, 0.5) is 11.4 Å². The van der Waals surface area contributed by atoms with Crippen LogP contribution in [-0.2, 0) is 0 Å². The van der Waals surface area contributed by atoms with E-state index >= 15 is 0 Å². The van der Waals surface area contributed by atoms with E-state index in [-0.39, 0.29) is 0 Å². The molecule has 5 nitrogen and oxygen atoms in total. The van der Waals surface area contributed by atoms with Gasteiger partial charge in [0.1, 0.15) is 0 Å². The number of benzene rings is 2. The van der Waals surface area contributed by atoms with E-state index in [0.29, 0.717) is 0 Å². The second-order valence-electron chi connectivity index (χ2n) is 9.92. The third kappa shape index (κ3) is 6.42. The third-order valence-corrected chi connectivity index (χ3v) is 7.21. The molecular weight excluding hydrogens is 442 g/mol. The molecule has 0 amide bonds. The molecule has 36 heavy (non-hydrogen) atoms. The quantitative estimate of drug-likeness (QED) is 0.500. The molecule has 2 aliphatic rings. The Bertz CT molecular complexity index is 1080. The second kappa shape index (κ2) is 11.5. The van der Waals surface area contributed by atoms with Gasteiger partial charge in [0.2, 0.25) is 0 Å². The van der Waals surface area contributed by atoms with Crippen molar-refractivity contribution in [3.63, 3.8) is 0 Å². The van der Waals surface area contributed by atoms with E-state index in [1.807, 2.05) is 0 Å². The Hall–Kier alpha value is -3.41. The molecule has 2 fully saturated rings. The number of likely N-dealkylation sites (N-methyl/N-ethyl adjacent to an activating group) is 2. The Morgan fingerprint density at radius 3 is 1.28 bits per heavy atom. The van der Waals surface area contributed by atoms with Crippen molar-refractivity contribution in [1.29, 1.82) is 0 Å². The van der Waals surface area contributed by atoms with E-state index in [1.165, 1.54) is 22.5 Å². The predicted molar refractivity (Wildman–Crippen MR) is 154 cm³/mol. The first-order valence-corrected chi connectivity index (χ1v) is 13.0. The monoisotopic (exact) mass is 479 g/mol. The van der Waals surface area contributed by atoms with Crippen molar-refractivity contribution in [2.24, 2.45) is 0 Å². The molecule has 0 unspecified atom stereocenters. The van der Waals surface area contributed by atoms with Gasteiger partial charge in [-0.3, -0.25) is 0 Å². The molecule has 5 rings (SSSR count). The van der Waals surface area contributed by atoms with E-state index < -0.39 is 0 Å². The first kappa shape index (κ1) is 24.3. The van der Waals surface area contributed by atoms with Crippen LogP contribution in [0.15, 0.2) is 66.7 Å². The van der Waals surface area contributed by atoms with Crippen LogP contribution in [0.2, 0.25) is 0 Å². The van der Waals surface area contributed by atoms with Gasteiger partial charge in [0.25, 0.3) is 0 Å². The van der Waals surface area contributed by atoms with Gasteiger partial charge in [0, 0.05) is 63.7 Å². The maximum atomic E-state index is 4.80. The first-order chi connectivity index (χ1) is 17.6. The van der Waals surface area contributed by atoms with Gasteiger partial charge in [-0.05, 0) is 73.8 Å². The SMILES string of the molecule is CN1CCN(c2ccc(/C=C/c3cccc(/C=C/c4ccc(N5CCN(C)CC5)cc4)n3)cc2)CC1. The highest BCUT2D eigenvalue weighted by Gasteiger charge is 2.14. The molecule has 3 heterocycles. The minimum absolute atomic E-state index is 0.964. The topological polar surface area (TPSA) is 25.9 Å². The molecule has 0 saturated carbocycles. The average Bonchev–Trinajstić information content (AvgIpc) is 2.93. The molecule has 3 aromatic rings. The van der Waals surface area contributed by atoms with Crippen LogP contribution in [0, 0.1) is 0 Å². The van der Waals surface area contributed by atoms with E-state index in [9.17, 15) is 0 Å². The lowest BCUT2D eigenvalue weighted by molar-refractivity contribution is 0.313. The molecule has 2 aliphatic heterocycles. The van der Waals surface area contributed by atoms with Crippen molar-refractivity contribution < 1.29 is 0 Å². The maximum Gasteiger partial charge on any atom is 0.0637 e. The summed E-state index contributed by atoms with van der Waals surface area (Å²) in [7, 11) is 4.38. The summed E-state index contributed by atoms with van der Waals surface area (Å²) in [5.41, 5.74) is 6.92. The summed E-state index contributed by atoms with van der Waals surface area (Å²) in [4.78, 5) is 14.5. The lowest BCUT2D eigenvalue weighted by Gasteiger charge is -2.34. The molecular formula is C31H37N5. The van der Waals surface area contributed by atoms with E-state index in [2.05, 4.69) is 125 Å². The minimum atomic E-state index is 0.964. The fourth-order valence-electron chi connectivity index (χ4n) is 4.74. The summed E-state index contributed by atoms with van der Waals surface area (Å²) in [6.45, 7) is 8.87. The van der Waals surface area contributed by atoms with Crippen molar-refractivity contribution in [2.75, 3.05) is 76.3 Å². The molecule has 2 aromatic carbocycles. The number of rotatable bonds is 6. The Balaban J connectivity index is 1.18. The smallest absolute Gasteiger partial charge is 0.0637 e. The van der Waals surface area contributed by atoms with Crippen molar-refractivity contribution in [3.05, 3.63) is 89.2 Å². The zero-order chi connectivity index (χ0) is 24.7. The van der Waals surface area contributed by atoms with Gasteiger partial charge in [0.15, 0.2) is 0 Å². The summed E-state index contributed by atoms with van der Waals surface area (Å²) in [5.74, 6) is 0. The predicted octanol–water partition coefficient (Wildman–Crippen LogP) is 4.93. The molecule has 0 aliphatic carbocycles. The van der Waals surface area contributed by atoms with Crippen molar-refractivity contribution >= 4 is 35.7 Å². The fourth-order valence-corrected chi connectivity index (χ4v) is 4.74. The average molecular weight is 480 g/mol. The zero-order valence-corrected chi connectivity index (χ0v) is 21.6. The molecule has 1 aromatic heterocycles. The Kier molecular flexibility index (Phi) is 7.79. The van der Waals surface area contributed by atoms with Gasteiger partial charge < -0.3 is 19.6 Å². The highest BCUT2D eigenvalue weighted by Crippen LogP contribution is 2.20. The molecule has 0 radical (unpaired) electrons. The second-order valence-corrected chi connectivity index (χ2v) is 9.92. The van der Waals surface area contributed by atoms with Gasteiger partial charge in [-0.1, -0.05) is 42.5 Å². The molecule has 0 bridgehead atoms. The minimum Gasteiger partial charge on any atom is -0.369 e. The summed E-state index contributed by atoms with van der Waals surface area (Å²) in [6.07, 6.45) is 8.46. The van der Waals surface area contributed by atoms with Crippen LogP contribution >= 0.6 is 0 Å². The van der Waals surface area contributed by atoms with Crippen LogP contribution in [0.25, 0.3) is 24.3 Å². The highest BCUT2D eigenvalue weighted by molar-refractivity contribution is 5.72. The van der Waals surface area contributed by atoms with Crippen molar-refractivity contribution in [2.45, 2.75) is 0 Å². The summed E-state index contributed by atoms with van der Waals surface area (Å²) in [6, 6.07) is 23.9. The van der Waals surface area contributed by atoms with Gasteiger partial charge >= 0.3 is 0 Å². The molecule has 186 valence electrons. The molecule has 0 spiro atoms. The lowest BCUT2D eigenvalue weighted by Crippen LogP contribution is -2.44. The van der Waals surface area contributed by atoms with Gasteiger partial charge in [-0.2, -0.15) is 0 Å². The van der Waals surface area contributed by atoms with Crippen LogP contribution in [0.3, 0.4) is 0 Å². The number of hydrogen-bond donors (Lipinski definition) is 0. The van der Waals surface area contributed by atoms with Crippen LogP contribution in [0.5, 0.6) is 0 Å². The number of pyridine rings is 1. The molecule has 5 heteroatoms. The number of aromatic nitrogens is 1. The first-order valence-electron chi connectivity index (χ1n) is 13.0. The Labute approximate surface area is 216 Å². The molecule has 0 N–H and O–H groups in total. The van der Waals surface area contributed by atoms with Crippen molar-refractivity contribution in [3.8, 4) is 0 Å². The van der Waals surface area contributed by atoms with Gasteiger partial charge in [-0.15, -0.1) is 0 Å². The maximum absolute atomic E-state index is 4.80. The van der Waals surface area contributed by atoms with Crippen LogP contribution in [-0.4, -0.2) is 81.2 Å². The van der Waals surface area contributed by atoms with Gasteiger partial charge in [-0.25, -0.2) is 4.98 Å².